The van der Waals surface area contributed by atoms with Crippen molar-refractivity contribution in [1.29, 1.82) is 0 Å². The van der Waals surface area contributed by atoms with Crippen LogP contribution >= 0.6 is 11.6 Å². The summed E-state index contributed by atoms with van der Waals surface area (Å²) in [5.41, 5.74) is 8.83. The number of nitrogens with two attached hydrogens (primary N) is 1. The summed E-state index contributed by atoms with van der Waals surface area (Å²) in [5, 5.41) is 0.667. The van der Waals surface area contributed by atoms with Gasteiger partial charge in [-0.3, -0.25) is 4.79 Å². The molecule has 1 fully saturated rings. The molecule has 0 aliphatic carbocycles. The van der Waals surface area contributed by atoms with Crippen LogP contribution in [0.4, 0.5) is 0 Å². The monoisotopic (exact) mass is 494 g/mol. The lowest BCUT2D eigenvalue weighted by atomic mass is 9.99. The molecule has 0 radical (unpaired) electrons. The molecule has 35 heavy (non-hydrogen) atoms. The molecule has 0 spiro atoms. The summed E-state index contributed by atoms with van der Waals surface area (Å²) in [6, 6.07) is 17.8. The van der Waals surface area contributed by atoms with E-state index in [1.54, 1.807) is 0 Å². The summed E-state index contributed by atoms with van der Waals surface area (Å²) in [6.45, 7) is 6.67. The van der Waals surface area contributed by atoms with Gasteiger partial charge in [-0.15, -0.1) is 0 Å². The van der Waals surface area contributed by atoms with Gasteiger partial charge in [0.2, 0.25) is 0 Å². The highest BCUT2D eigenvalue weighted by Crippen LogP contribution is 2.33. The number of hydrogen-bond donors (Lipinski definition) is 1. The Labute approximate surface area is 213 Å². The quantitative estimate of drug-likeness (QED) is 0.414. The maximum absolute atomic E-state index is 13.7. The van der Waals surface area contributed by atoms with Crippen LogP contribution in [0.25, 0.3) is 11.3 Å². The topological polar surface area (TPSA) is 73.4 Å². The zero-order chi connectivity index (χ0) is 24.8. The van der Waals surface area contributed by atoms with E-state index in [1.807, 2.05) is 47.4 Å². The zero-order valence-corrected chi connectivity index (χ0v) is 21.3. The molecular formula is C28H35ClN4O2. The number of aromatic nitrogens is 2. The smallest absolute Gasteiger partial charge is 0.252 e. The van der Waals surface area contributed by atoms with Gasteiger partial charge in [-0.1, -0.05) is 67.9 Å². The lowest BCUT2D eigenvalue weighted by molar-refractivity contribution is -0.145. The van der Waals surface area contributed by atoms with Crippen LogP contribution in [0.2, 0.25) is 5.02 Å². The molecule has 0 saturated carbocycles. The molecule has 7 heteroatoms. The molecule has 1 saturated heterocycles. The van der Waals surface area contributed by atoms with Crippen molar-refractivity contribution in [3.05, 3.63) is 77.2 Å². The second-order valence-electron chi connectivity index (χ2n) is 9.47. The number of carbonyl (C=O) groups is 1. The molecule has 186 valence electrons. The van der Waals surface area contributed by atoms with Crippen molar-refractivity contribution in [1.82, 2.24) is 14.5 Å². The third-order valence-electron chi connectivity index (χ3n) is 6.45. The Kier molecular flexibility index (Phi) is 8.60. The van der Waals surface area contributed by atoms with Crippen molar-refractivity contribution in [2.45, 2.75) is 51.8 Å². The summed E-state index contributed by atoms with van der Waals surface area (Å²) in [6.07, 6.45) is 4.08. The first-order chi connectivity index (χ1) is 17.0. The van der Waals surface area contributed by atoms with Crippen LogP contribution in [-0.4, -0.2) is 46.2 Å². The fraction of sp³-hybridized carbons (Fsp3) is 0.429. The van der Waals surface area contributed by atoms with Gasteiger partial charge in [0.1, 0.15) is 11.9 Å². The van der Waals surface area contributed by atoms with E-state index in [1.165, 1.54) is 5.56 Å². The Morgan fingerprint density at radius 1 is 1.23 bits per heavy atom. The molecule has 1 aromatic heterocycles. The second kappa shape index (κ2) is 11.8. The molecule has 6 nitrogen and oxygen atoms in total. The average Bonchev–Trinajstić information content (AvgIpc) is 3.53. The summed E-state index contributed by atoms with van der Waals surface area (Å²) in [4.78, 5) is 20.7. The highest BCUT2D eigenvalue weighted by Gasteiger charge is 2.36. The summed E-state index contributed by atoms with van der Waals surface area (Å²) < 4.78 is 7.97. The first-order valence-corrected chi connectivity index (χ1v) is 12.8. The number of amides is 1. The van der Waals surface area contributed by atoms with Crippen molar-refractivity contribution < 1.29 is 9.53 Å². The Hall–Kier alpha value is -2.67. The third kappa shape index (κ3) is 6.13. The Bertz CT molecular complexity index is 1110. The van der Waals surface area contributed by atoms with Crippen LogP contribution in [0, 0.1) is 5.92 Å². The van der Waals surface area contributed by atoms with Gasteiger partial charge < -0.3 is 19.9 Å². The van der Waals surface area contributed by atoms with Crippen LogP contribution in [-0.2, 0) is 16.1 Å². The highest BCUT2D eigenvalue weighted by molar-refractivity contribution is 6.30. The number of hydrogen-bond acceptors (Lipinski definition) is 4. The van der Waals surface area contributed by atoms with Crippen LogP contribution in [0.1, 0.15) is 50.5 Å². The molecule has 0 bridgehead atoms. The van der Waals surface area contributed by atoms with Crippen LogP contribution < -0.4 is 5.73 Å². The first kappa shape index (κ1) is 25.4. The Morgan fingerprint density at radius 2 is 2.03 bits per heavy atom. The van der Waals surface area contributed by atoms with Gasteiger partial charge in [0, 0.05) is 36.5 Å². The summed E-state index contributed by atoms with van der Waals surface area (Å²) in [5.74, 6) is 1.04. The number of imidazole rings is 1. The molecule has 2 heterocycles. The van der Waals surface area contributed by atoms with E-state index in [0.29, 0.717) is 31.3 Å². The van der Waals surface area contributed by atoms with Gasteiger partial charge in [0.05, 0.1) is 11.7 Å². The Balaban J connectivity index is 1.79. The van der Waals surface area contributed by atoms with Crippen molar-refractivity contribution in [3.8, 4) is 11.3 Å². The number of carbonyl (C=O) groups excluding carboxylic acids is 1. The predicted octanol–water partition coefficient (Wildman–Crippen LogP) is 5.31. The number of halogens is 1. The zero-order valence-electron chi connectivity index (χ0n) is 20.6. The summed E-state index contributed by atoms with van der Waals surface area (Å²) >= 11 is 6.29. The predicted molar refractivity (Wildman–Crippen MR) is 140 cm³/mol. The van der Waals surface area contributed by atoms with E-state index in [-0.39, 0.29) is 24.0 Å². The van der Waals surface area contributed by atoms with Gasteiger partial charge in [0.25, 0.3) is 5.91 Å². The number of nitrogens with zero attached hydrogens (tertiary/aromatic N) is 3. The third-order valence-corrected chi connectivity index (χ3v) is 6.68. The van der Waals surface area contributed by atoms with E-state index in [0.717, 1.165) is 36.3 Å². The van der Waals surface area contributed by atoms with E-state index in [4.69, 9.17) is 27.1 Å². The minimum Gasteiger partial charge on any atom is -0.368 e. The van der Waals surface area contributed by atoms with Crippen molar-refractivity contribution in [3.63, 3.8) is 0 Å². The van der Waals surface area contributed by atoms with Crippen LogP contribution in [0.15, 0.2) is 60.8 Å². The molecule has 1 unspecified atom stereocenters. The van der Waals surface area contributed by atoms with Crippen LogP contribution in [0.5, 0.6) is 0 Å². The normalized spacial score (nSPS) is 16.5. The number of ether oxygens (including phenoxy) is 1. The molecule has 2 aromatic carbocycles. The van der Waals surface area contributed by atoms with E-state index in [2.05, 4.69) is 36.7 Å². The van der Waals surface area contributed by atoms with E-state index in [9.17, 15) is 4.79 Å². The van der Waals surface area contributed by atoms with Gasteiger partial charge in [-0.2, -0.15) is 0 Å². The lowest BCUT2D eigenvalue weighted by Gasteiger charge is -2.36. The standard InChI is InChI=1S/C28H35ClN4O2/c1-20(2)26(33(15-8-14-30)28(34)25-13-7-16-35-25)27-31-24(22-11-6-12-23(29)17-22)19-32(27)18-21-9-4-3-5-10-21/h3-6,9-12,17,19-20,25-26H,7-8,13-16,18,30H2,1-2H3/t25?,26-/m1/s1. The summed E-state index contributed by atoms with van der Waals surface area (Å²) in [7, 11) is 0. The molecule has 2 N–H and O–H groups in total. The largest absolute Gasteiger partial charge is 0.368 e. The maximum atomic E-state index is 13.7. The fourth-order valence-corrected chi connectivity index (χ4v) is 4.95. The van der Waals surface area contributed by atoms with Crippen molar-refractivity contribution in [2.24, 2.45) is 11.7 Å². The lowest BCUT2D eigenvalue weighted by Crippen LogP contribution is -2.45. The van der Waals surface area contributed by atoms with Gasteiger partial charge in [-0.25, -0.2) is 4.98 Å². The van der Waals surface area contributed by atoms with Gasteiger partial charge in [-0.05, 0) is 49.4 Å². The number of benzene rings is 2. The van der Waals surface area contributed by atoms with Gasteiger partial charge >= 0.3 is 0 Å². The number of rotatable bonds is 10. The second-order valence-corrected chi connectivity index (χ2v) is 9.91. The minimum absolute atomic E-state index is 0.0354. The van der Waals surface area contributed by atoms with Crippen LogP contribution in [0.3, 0.4) is 0 Å². The van der Waals surface area contributed by atoms with Crippen molar-refractivity contribution >= 4 is 17.5 Å². The molecule has 1 amide bonds. The Morgan fingerprint density at radius 3 is 2.69 bits per heavy atom. The average molecular weight is 495 g/mol. The molecule has 1 aliphatic heterocycles. The fourth-order valence-electron chi connectivity index (χ4n) is 4.76. The maximum Gasteiger partial charge on any atom is 0.252 e. The molecular weight excluding hydrogens is 460 g/mol. The van der Waals surface area contributed by atoms with E-state index >= 15 is 0 Å². The minimum atomic E-state index is -0.390. The first-order valence-electron chi connectivity index (χ1n) is 12.5. The highest BCUT2D eigenvalue weighted by atomic mass is 35.5. The SMILES string of the molecule is CC(C)[C@H](c1nc(-c2cccc(Cl)c2)cn1Cc1ccccc1)N(CCCN)C(=O)C1CCCO1. The molecule has 4 rings (SSSR count). The molecule has 1 aliphatic rings. The van der Waals surface area contributed by atoms with Gasteiger partial charge in [0.15, 0.2) is 0 Å². The van der Waals surface area contributed by atoms with Crippen molar-refractivity contribution in [2.75, 3.05) is 19.7 Å². The molecule has 3 aromatic rings. The van der Waals surface area contributed by atoms with E-state index < -0.39 is 0 Å². The molecule has 2 atom stereocenters.